The quantitative estimate of drug-likeness (QED) is 0.420. The molecule has 0 heterocycles. The highest BCUT2D eigenvalue weighted by atomic mass is 35.5. The molecule has 0 saturated heterocycles. The van der Waals surface area contributed by atoms with Gasteiger partial charge in [-0.1, -0.05) is 12.1 Å². The molecule has 4 heteroatoms. The lowest BCUT2D eigenvalue weighted by Crippen LogP contribution is -1.99. The van der Waals surface area contributed by atoms with Crippen LogP contribution in [0.4, 0.5) is 0 Å². The predicted octanol–water partition coefficient (Wildman–Crippen LogP) is 0.118. The molecule has 0 atom stereocenters. The van der Waals surface area contributed by atoms with Gasteiger partial charge in [0.25, 0.3) is 0 Å². The van der Waals surface area contributed by atoms with Crippen molar-refractivity contribution in [3.05, 3.63) is 0 Å². The predicted molar refractivity (Wildman–Crippen MR) is 43.6 cm³/mol. The number of hydrogen-bond acceptors (Lipinski definition) is 0. The molecule has 44 valence electrons. The van der Waals surface area contributed by atoms with Gasteiger partial charge >= 0.3 is 0 Å². The number of rotatable bonds is 3. The van der Waals surface area contributed by atoms with E-state index in [1.807, 2.05) is 0 Å². The monoisotopic (exact) mass is 172 g/mol. The Bertz CT molecular complexity index is 39.9. The van der Waals surface area contributed by atoms with Crippen LogP contribution >= 0.6 is 23.2 Å². The first-order valence-electron chi connectivity index (χ1n) is 2.55. The molecule has 0 fully saturated rings. The van der Waals surface area contributed by atoms with Crippen LogP contribution in [0.25, 0.3) is 0 Å². The minimum absolute atomic E-state index is 0.00829. The lowest BCUT2D eigenvalue weighted by Gasteiger charge is -1.93. The fourth-order valence-electron chi connectivity index (χ4n) is 0.358. The van der Waals surface area contributed by atoms with E-state index in [9.17, 15) is 0 Å². The largest absolute Gasteiger partial charge is 0.110 e. The van der Waals surface area contributed by atoms with Crippen molar-refractivity contribution >= 4 is 43.0 Å². The number of alkyl halides is 2. The van der Waals surface area contributed by atoms with Gasteiger partial charge in [-0.2, -0.15) is 0 Å². The van der Waals surface area contributed by atoms with E-state index in [1.54, 1.807) is 0 Å². The summed E-state index contributed by atoms with van der Waals surface area (Å²) in [7, 11) is 1.22. The molecule has 0 amide bonds. The Hall–Kier alpha value is 1.01. The van der Waals surface area contributed by atoms with Gasteiger partial charge in [0.05, 0.1) is 14.0 Å². The van der Waals surface area contributed by atoms with Crippen LogP contribution in [0.5, 0.6) is 0 Å². The third-order valence-electron chi connectivity index (χ3n) is 0.776. The minimum Gasteiger partial charge on any atom is -0.110 e. The molecule has 0 spiro atoms. The second-order valence-corrected chi connectivity index (χ2v) is 6.95. The molecule has 0 aliphatic heterocycles. The summed E-state index contributed by atoms with van der Waals surface area (Å²) in [5.41, 5.74) is 0. The fourth-order valence-corrected chi connectivity index (χ4v) is 3.23. The molecule has 0 saturated carbocycles. The zero-order chi connectivity index (χ0) is 5.70. The van der Waals surface area contributed by atoms with Crippen LogP contribution in [0, 0.1) is 0 Å². The zero-order valence-electron chi connectivity index (χ0n) is 4.45. The summed E-state index contributed by atoms with van der Waals surface area (Å²) >= 11 is 11.0. The molecule has 0 rings (SSSR count). The fraction of sp³-hybridized carbons (Fsp3) is 1.00. The van der Waals surface area contributed by atoms with Crippen molar-refractivity contribution in [2.45, 2.75) is 16.5 Å². The molecule has 0 radical (unpaired) electrons. The average molecular weight is 173 g/mol. The van der Waals surface area contributed by atoms with Crippen molar-refractivity contribution < 1.29 is 0 Å². The summed E-state index contributed by atoms with van der Waals surface area (Å²) in [5.74, 6) is 0. The van der Waals surface area contributed by atoms with Gasteiger partial charge in [-0.3, -0.25) is 0 Å². The molecule has 0 aliphatic carbocycles. The smallest absolute Gasteiger partial charge is 0.0907 e. The van der Waals surface area contributed by atoms with Crippen molar-refractivity contribution in [3.8, 4) is 0 Å². The second-order valence-electron chi connectivity index (χ2n) is 1.53. The molecule has 0 nitrogen and oxygen atoms in total. The Morgan fingerprint density at radius 1 is 1.57 bits per heavy atom. The van der Waals surface area contributed by atoms with Gasteiger partial charge in [0.1, 0.15) is 0 Å². The van der Waals surface area contributed by atoms with Crippen LogP contribution in [0.3, 0.4) is 0 Å². The summed E-state index contributed by atoms with van der Waals surface area (Å²) in [6.07, 6.45) is 0. The van der Waals surface area contributed by atoms with E-state index in [2.05, 4.69) is 0 Å². The van der Waals surface area contributed by atoms with Crippen molar-refractivity contribution in [2.75, 3.05) is 0 Å². The maximum Gasteiger partial charge on any atom is 0.0907 e. The molecule has 0 aromatic rings. The van der Waals surface area contributed by atoms with Gasteiger partial charge in [0.2, 0.25) is 0 Å². The van der Waals surface area contributed by atoms with Crippen LogP contribution in [-0.4, -0.2) is 24.2 Å². The average Bonchev–Trinajstić information content (AvgIpc) is 1.61. The molecular formula is C3H10Cl2Si2. The Morgan fingerprint density at radius 3 is 2.29 bits per heavy atom. The molecule has 0 aromatic carbocycles. The SMILES string of the molecule is [SiH3]CC[SiH2]C(Cl)Cl. The van der Waals surface area contributed by atoms with Gasteiger partial charge in [0, 0.05) is 10.2 Å². The van der Waals surface area contributed by atoms with Crippen LogP contribution < -0.4 is 0 Å². The summed E-state index contributed by atoms with van der Waals surface area (Å²) in [5, 5.41) is 0. The molecular weight excluding hydrogens is 163 g/mol. The number of hydrogen-bond donors (Lipinski definition) is 0. The molecule has 0 N–H and O–H groups in total. The lowest BCUT2D eigenvalue weighted by molar-refractivity contribution is 1.42. The Morgan fingerprint density at radius 2 is 2.14 bits per heavy atom. The van der Waals surface area contributed by atoms with E-state index in [0.29, 0.717) is 0 Å². The van der Waals surface area contributed by atoms with E-state index in [1.165, 1.54) is 22.3 Å². The highest BCUT2D eigenvalue weighted by Gasteiger charge is 1.95. The molecule has 0 unspecified atom stereocenters. The van der Waals surface area contributed by atoms with E-state index in [4.69, 9.17) is 23.2 Å². The first-order valence-corrected chi connectivity index (χ1v) is 6.66. The summed E-state index contributed by atoms with van der Waals surface area (Å²) in [4.78, 5) is 0. The maximum atomic E-state index is 5.50. The number of halogens is 2. The second kappa shape index (κ2) is 5.16. The molecule has 0 aromatic heterocycles. The van der Waals surface area contributed by atoms with Crippen molar-refractivity contribution in [3.63, 3.8) is 0 Å². The molecule has 0 bridgehead atoms. The first-order chi connectivity index (χ1) is 3.27. The minimum atomic E-state index is -0.0883. The normalized spacial score (nSPS) is 12.4. The van der Waals surface area contributed by atoms with Gasteiger partial charge in [-0.25, -0.2) is 0 Å². The summed E-state index contributed by atoms with van der Waals surface area (Å²) < 4.78 is 0.00829. The van der Waals surface area contributed by atoms with Gasteiger partial charge < -0.3 is 0 Å². The van der Waals surface area contributed by atoms with E-state index >= 15 is 0 Å². The highest BCUT2D eigenvalue weighted by molar-refractivity contribution is 6.68. The zero-order valence-corrected chi connectivity index (χ0v) is 9.38. The van der Waals surface area contributed by atoms with Gasteiger partial charge in [-0.15, -0.1) is 23.2 Å². The third kappa shape index (κ3) is 7.01. The van der Waals surface area contributed by atoms with Gasteiger partial charge in [-0.05, 0) is 0 Å². The molecule has 7 heavy (non-hydrogen) atoms. The first kappa shape index (κ1) is 8.01. The molecule has 0 aliphatic rings. The standard InChI is InChI=1S/C3H10Cl2Si2/c4-3(5)7-2-1-6/h3H,1-2,7H2,6H3. The maximum absolute atomic E-state index is 5.50. The van der Waals surface area contributed by atoms with Crippen LogP contribution in [0.2, 0.25) is 12.1 Å². The third-order valence-corrected chi connectivity index (χ3v) is 5.76. The Labute approximate surface area is 59.8 Å². The lowest BCUT2D eigenvalue weighted by atomic mass is 11.0. The van der Waals surface area contributed by atoms with Crippen LogP contribution in [0.15, 0.2) is 0 Å². The van der Waals surface area contributed by atoms with Crippen molar-refractivity contribution in [2.24, 2.45) is 0 Å². The summed E-state index contributed by atoms with van der Waals surface area (Å²) in [6.45, 7) is 0. The van der Waals surface area contributed by atoms with Crippen molar-refractivity contribution in [1.29, 1.82) is 0 Å². The van der Waals surface area contributed by atoms with E-state index < -0.39 is 0 Å². The topological polar surface area (TPSA) is 0 Å². The van der Waals surface area contributed by atoms with Crippen molar-refractivity contribution in [1.82, 2.24) is 0 Å². The summed E-state index contributed by atoms with van der Waals surface area (Å²) in [6, 6.07) is 2.71. The van der Waals surface area contributed by atoms with E-state index in [0.717, 1.165) is 0 Å². The Balaban J connectivity index is 2.68. The Kier molecular flexibility index (Phi) is 5.90. The van der Waals surface area contributed by atoms with Gasteiger partial charge in [0.15, 0.2) is 0 Å². The van der Waals surface area contributed by atoms with E-state index in [-0.39, 0.29) is 14.0 Å². The highest BCUT2D eigenvalue weighted by Crippen LogP contribution is 2.01. The van der Waals surface area contributed by atoms with Crippen LogP contribution in [0.1, 0.15) is 0 Å². The van der Waals surface area contributed by atoms with Crippen LogP contribution in [-0.2, 0) is 0 Å².